The smallest absolute Gasteiger partial charge is 0.408 e. The first-order valence-corrected chi connectivity index (χ1v) is 17.3. The van der Waals surface area contributed by atoms with Crippen LogP contribution >= 0.6 is 0 Å². The van der Waals surface area contributed by atoms with Crippen molar-refractivity contribution in [3.05, 3.63) is 59.2 Å². The van der Waals surface area contributed by atoms with Crippen molar-refractivity contribution < 1.29 is 51.2 Å². The topological polar surface area (TPSA) is 107 Å². The van der Waals surface area contributed by atoms with Crippen molar-refractivity contribution in [1.82, 2.24) is 15.5 Å². The summed E-state index contributed by atoms with van der Waals surface area (Å²) in [5.41, 5.74) is -3.56. The first kappa shape index (κ1) is 38.9. The number of halogens is 6. The minimum atomic E-state index is -3.45. The first-order chi connectivity index (χ1) is 24.1. The number of anilines is 1. The third-order valence-electron chi connectivity index (χ3n) is 9.11. The lowest BCUT2D eigenvalue weighted by Gasteiger charge is -2.27. The van der Waals surface area contributed by atoms with Crippen LogP contribution in [-0.4, -0.2) is 45.9 Å². The summed E-state index contributed by atoms with van der Waals surface area (Å²) in [6, 6.07) is 5.97. The Morgan fingerprint density at radius 2 is 1.75 bits per heavy atom. The average Bonchev–Trinajstić information content (AvgIpc) is 3.41. The van der Waals surface area contributed by atoms with Crippen molar-refractivity contribution in [1.29, 1.82) is 0 Å². The van der Waals surface area contributed by atoms with Crippen LogP contribution in [0.5, 0.6) is 5.75 Å². The van der Waals surface area contributed by atoms with Crippen LogP contribution in [0, 0.1) is 11.7 Å². The third kappa shape index (κ3) is 9.57. The summed E-state index contributed by atoms with van der Waals surface area (Å²) in [5.74, 6) is -6.21. The first-order valence-electron chi connectivity index (χ1n) is 17.3. The van der Waals surface area contributed by atoms with Gasteiger partial charge in [-0.2, -0.15) is 8.78 Å². The highest BCUT2D eigenvalue weighted by molar-refractivity contribution is 6.01. The molecule has 1 aliphatic carbocycles. The number of hydrogen-bond acceptors (Lipinski definition) is 7. The largest absolute Gasteiger partial charge is 0.444 e. The highest BCUT2D eigenvalue weighted by Crippen LogP contribution is 2.46. The van der Waals surface area contributed by atoms with Gasteiger partial charge in [0.2, 0.25) is 17.7 Å². The molecule has 1 fully saturated rings. The van der Waals surface area contributed by atoms with Crippen LogP contribution in [0.2, 0.25) is 0 Å². The fourth-order valence-electron chi connectivity index (χ4n) is 6.91. The Hall–Kier alpha value is -4.30. The molecular formula is C37H46F6N4O5. The molecular weight excluding hydrogens is 694 g/mol. The fraction of sp³-hybridized carbons (Fsp3) is 0.568. The molecule has 3 aromatic rings. The molecule has 2 aliphatic rings. The molecule has 3 unspecified atom stereocenters. The monoisotopic (exact) mass is 740 g/mol. The summed E-state index contributed by atoms with van der Waals surface area (Å²) in [6.45, 7) is 8.24. The van der Waals surface area contributed by atoms with E-state index in [0.717, 1.165) is 24.3 Å². The maximum atomic E-state index is 16.7. The van der Waals surface area contributed by atoms with Crippen LogP contribution in [0.3, 0.4) is 0 Å². The molecule has 0 spiro atoms. The summed E-state index contributed by atoms with van der Waals surface area (Å²) in [6.07, 6.45) is -3.40. The number of ether oxygens (including phenoxy) is 2. The van der Waals surface area contributed by atoms with Crippen molar-refractivity contribution in [2.75, 3.05) is 4.90 Å². The second kappa shape index (κ2) is 14.6. The van der Waals surface area contributed by atoms with Crippen LogP contribution in [0.4, 0.5) is 36.8 Å². The number of fused-ring (bicyclic) bond motifs is 1. The second-order valence-electron chi connectivity index (χ2n) is 15.1. The molecule has 2 heterocycles. The highest BCUT2D eigenvalue weighted by atomic mass is 19.3. The molecule has 52 heavy (non-hydrogen) atoms. The van der Waals surface area contributed by atoms with Gasteiger partial charge in [0, 0.05) is 39.1 Å². The number of hydrogen-bond donors (Lipinski definition) is 1. The lowest BCUT2D eigenvalue weighted by Crippen LogP contribution is -2.50. The van der Waals surface area contributed by atoms with Gasteiger partial charge in [-0.3, -0.25) is 4.79 Å². The molecule has 2 amide bonds. The van der Waals surface area contributed by atoms with Gasteiger partial charge in [0.1, 0.15) is 28.9 Å². The molecule has 1 N–H and O–H groups in total. The molecule has 5 rings (SSSR count). The third-order valence-corrected chi connectivity index (χ3v) is 9.11. The number of carbonyl (C=O) groups is 2. The molecule has 0 bridgehead atoms. The molecule has 286 valence electrons. The molecule has 1 aromatic heterocycles. The van der Waals surface area contributed by atoms with Crippen LogP contribution in [0.25, 0.3) is 11.5 Å². The van der Waals surface area contributed by atoms with E-state index in [2.05, 4.69) is 20.3 Å². The van der Waals surface area contributed by atoms with Crippen molar-refractivity contribution >= 4 is 17.7 Å². The number of carbonyl (C=O) groups excluding carboxylic acids is 2. The quantitative estimate of drug-likeness (QED) is 0.172. The van der Waals surface area contributed by atoms with E-state index in [-0.39, 0.29) is 54.7 Å². The van der Waals surface area contributed by atoms with Crippen molar-refractivity contribution in [3.63, 3.8) is 0 Å². The predicted octanol–water partition coefficient (Wildman–Crippen LogP) is 9.84. The highest BCUT2D eigenvalue weighted by Gasteiger charge is 2.45. The zero-order valence-corrected chi connectivity index (χ0v) is 30.0. The number of alkyl halides is 5. The average molecular weight is 741 g/mol. The van der Waals surface area contributed by atoms with Gasteiger partial charge < -0.3 is 24.1 Å². The Kier molecular flexibility index (Phi) is 10.9. The summed E-state index contributed by atoms with van der Waals surface area (Å²) >= 11 is 0. The number of amides is 2. The lowest BCUT2D eigenvalue weighted by atomic mass is 9.90. The summed E-state index contributed by atoms with van der Waals surface area (Å²) in [7, 11) is 0. The van der Waals surface area contributed by atoms with E-state index in [0.29, 0.717) is 31.7 Å². The Bertz CT molecular complexity index is 1760. The summed E-state index contributed by atoms with van der Waals surface area (Å²) in [5, 5.41) is 10.4. The molecule has 9 nitrogen and oxygen atoms in total. The van der Waals surface area contributed by atoms with Gasteiger partial charge in [-0.05, 0) is 76.3 Å². The normalized spacial score (nSPS) is 23.7. The fourth-order valence-corrected chi connectivity index (χ4v) is 6.91. The van der Waals surface area contributed by atoms with Crippen LogP contribution in [-0.2, 0) is 21.7 Å². The molecule has 0 radical (unpaired) electrons. The van der Waals surface area contributed by atoms with Gasteiger partial charge in [-0.1, -0.05) is 31.9 Å². The van der Waals surface area contributed by atoms with Gasteiger partial charge in [-0.25, -0.2) is 22.4 Å². The predicted molar refractivity (Wildman–Crippen MR) is 181 cm³/mol. The van der Waals surface area contributed by atoms with Crippen LogP contribution in [0.15, 0.2) is 40.8 Å². The number of benzene rings is 2. The Morgan fingerprint density at radius 1 is 1.06 bits per heavy atom. The Morgan fingerprint density at radius 3 is 2.38 bits per heavy atom. The van der Waals surface area contributed by atoms with Gasteiger partial charge in [0.05, 0.1) is 17.8 Å². The van der Waals surface area contributed by atoms with Gasteiger partial charge in [0.15, 0.2) is 0 Å². The van der Waals surface area contributed by atoms with Gasteiger partial charge in [-0.15, -0.1) is 10.2 Å². The van der Waals surface area contributed by atoms with Crippen molar-refractivity contribution in [3.8, 4) is 17.2 Å². The van der Waals surface area contributed by atoms with E-state index < -0.39 is 65.9 Å². The standard InChI is InChI=1S/C37H44F6N4O5.H2/c1-7-8-21-9-12-23(18-37(42,43)17-21)30-45-46-31(50-30)25-15-29-26(16-27(25)38)35(5,39)19-28(44-33(49)52-34(2,3)4)32(48)47(29)20-22-10-13-24(14-11-22)51-36(6,40)41;/h10-11,13-16,21,23,28H,7-9,12,17-20H2,1-6H3,(H,44,49);1H/t21?,23?,28-,35?;/m1./s1. The lowest BCUT2D eigenvalue weighted by molar-refractivity contribution is -0.159. The molecule has 2 aromatic carbocycles. The molecule has 15 heteroatoms. The van der Waals surface area contributed by atoms with E-state index in [1.807, 2.05) is 6.92 Å². The van der Waals surface area contributed by atoms with Gasteiger partial charge >= 0.3 is 12.2 Å². The molecule has 1 saturated carbocycles. The van der Waals surface area contributed by atoms with Crippen LogP contribution < -0.4 is 15.0 Å². The second-order valence-corrected chi connectivity index (χ2v) is 15.1. The zero-order valence-electron chi connectivity index (χ0n) is 30.0. The zero-order chi connectivity index (χ0) is 38.2. The summed E-state index contributed by atoms with van der Waals surface area (Å²) in [4.78, 5) is 28.1. The molecule has 4 atom stereocenters. The minimum absolute atomic E-state index is 0. The Labute approximate surface area is 299 Å². The number of rotatable bonds is 9. The number of aromatic nitrogens is 2. The number of nitrogens with zero attached hydrogens (tertiary/aromatic N) is 3. The van der Waals surface area contributed by atoms with Crippen molar-refractivity contribution in [2.45, 2.75) is 128 Å². The molecule has 1 aliphatic heterocycles. The minimum Gasteiger partial charge on any atom is -0.444 e. The molecule has 0 saturated heterocycles. The maximum Gasteiger partial charge on any atom is 0.408 e. The summed E-state index contributed by atoms with van der Waals surface area (Å²) < 4.78 is 105. The van der Waals surface area contributed by atoms with Gasteiger partial charge in [0.25, 0.3) is 5.89 Å². The van der Waals surface area contributed by atoms with Crippen molar-refractivity contribution in [2.24, 2.45) is 5.92 Å². The van der Waals surface area contributed by atoms with E-state index in [9.17, 15) is 27.2 Å². The van der Waals surface area contributed by atoms with Crippen LogP contribution in [0.1, 0.15) is 111 Å². The maximum absolute atomic E-state index is 16.7. The number of alkyl carbamates (subject to hydrolysis) is 1. The van der Waals surface area contributed by atoms with E-state index >= 15 is 8.78 Å². The number of nitrogens with one attached hydrogen (secondary N) is 1. The van der Waals surface area contributed by atoms with E-state index in [1.54, 1.807) is 20.8 Å². The van der Waals surface area contributed by atoms with E-state index in [4.69, 9.17) is 9.15 Å². The SMILES string of the molecule is CCCC1CCC(c2nnc(-c3cc4c(cc3F)C(C)(F)C[C@@H](NC(=O)OC(C)(C)C)C(=O)N4Cc3ccc(OC(C)(F)F)cc3)o2)CC(F)(F)C1.[HH]. The Balaban J connectivity index is 0.00000627. The van der Waals surface area contributed by atoms with E-state index in [1.165, 1.54) is 30.3 Å².